The molecule has 22 heavy (non-hydrogen) atoms. The van der Waals surface area contributed by atoms with E-state index >= 15 is 0 Å². The Labute approximate surface area is 131 Å². The molecule has 4 heteroatoms. The lowest BCUT2D eigenvalue weighted by molar-refractivity contribution is -0.122. The van der Waals surface area contributed by atoms with E-state index in [2.05, 4.69) is 5.32 Å². The van der Waals surface area contributed by atoms with Crippen molar-refractivity contribution in [1.82, 2.24) is 5.32 Å². The molecule has 1 fully saturated rings. The summed E-state index contributed by atoms with van der Waals surface area (Å²) in [5, 5.41) is 13.1. The van der Waals surface area contributed by atoms with Crippen LogP contribution in [0.15, 0.2) is 18.2 Å². The lowest BCUT2D eigenvalue weighted by Crippen LogP contribution is -2.30. The summed E-state index contributed by atoms with van der Waals surface area (Å²) < 4.78 is 5.46. The number of nitrogens with one attached hydrogen (secondary N) is 1. The molecular formula is C18H25NO3. The van der Waals surface area contributed by atoms with Crippen molar-refractivity contribution >= 4 is 5.91 Å². The summed E-state index contributed by atoms with van der Waals surface area (Å²) in [6.07, 6.45) is 6.98. The first-order valence-corrected chi connectivity index (χ1v) is 8.43. The Bertz CT molecular complexity index is 523. The van der Waals surface area contributed by atoms with Gasteiger partial charge in [-0.1, -0.05) is 25.3 Å². The van der Waals surface area contributed by atoms with E-state index in [0.29, 0.717) is 18.9 Å². The van der Waals surface area contributed by atoms with Crippen molar-refractivity contribution in [2.75, 3.05) is 13.2 Å². The zero-order valence-corrected chi connectivity index (χ0v) is 13.0. The second kappa shape index (κ2) is 7.14. The van der Waals surface area contributed by atoms with Crippen molar-refractivity contribution in [3.8, 4) is 5.75 Å². The number of aliphatic hydroxyl groups excluding tert-OH is 1. The van der Waals surface area contributed by atoms with Gasteiger partial charge < -0.3 is 15.2 Å². The molecule has 1 aliphatic heterocycles. The van der Waals surface area contributed by atoms with E-state index in [0.717, 1.165) is 23.3 Å². The molecular weight excluding hydrogens is 278 g/mol. The molecule has 1 unspecified atom stereocenters. The molecule has 0 spiro atoms. The van der Waals surface area contributed by atoms with E-state index in [1.54, 1.807) is 0 Å². The van der Waals surface area contributed by atoms with E-state index in [-0.39, 0.29) is 12.5 Å². The molecule has 120 valence electrons. The lowest BCUT2D eigenvalue weighted by atomic mass is 9.87. The van der Waals surface area contributed by atoms with Crippen LogP contribution in [0.1, 0.15) is 55.8 Å². The van der Waals surface area contributed by atoms with Crippen molar-refractivity contribution in [2.45, 2.75) is 51.0 Å². The Morgan fingerprint density at radius 1 is 1.32 bits per heavy atom. The predicted octanol–water partition coefficient (Wildman–Crippen LogP) is 2.74. The largest absolute Gasteiger partial charge is 0.493 e. The zero-order chi connectivity index (χ0) is 15.4. The van der Waals surface area contributed by atoms with Crippen molar-refractivity contribution < 1.29 is 14.6 Å². The number of hydrogen-bond acceptors (Lipinski definition) is 3. The number of hydrogen-bond donors (Lipinski definition) is 2. The van der Waals surface area contributed by atoms with Gasteiger partial charge in [0.2, 0.25) is 5.91 Å². The topological polar surface area (TPSA) is 58.6 Å². The maximum atomic E-state index is 12.0. The summed E-state index contributed by atoms with van der Waals surface area (Å²) in [7, 11) is 0. The van der Waals surface area contributed by atoms with Gasteiger partial charge >= 0.3 is 0 Å². The minimum absolute atomic E-state index is 0.0652. The summed E-state index contributed by atoms with van der Waals surface area (Å²) in [4.78, 5) is 12.0. The minimum Gasteiger partial charge on any atom is -0.493 e. The third kappa shape index (κ3) is 3.80. The minimum atomic E-state index is -0.652. The average Bonchev–Trinajstić information content (AvgIpc) is 3.01. The third-order valence-electron chi connectivity index (χ3n) is 4.79. The van der Waals surface area contributed by atoms with Gasteiger partial charge in [-0.2, -0.15) is 0 Å². The molecule has 0 bridgehead atoms. The van der Waals surface area contributed by atoms with Crippen molar-refractivity contribution in [2.24, 2.45) is 5.92 Å². The molecule has 1 aliphatic carbocycles. The van der Waals surface area contributed by atoms with Gasteiger partial charge in [0.1, 0.15) is 5.75 Å². The first kappa shape index (κ1) is 15.3. The number of amides is 1. The van der Waals surface area contributed by atoms with E-state index in [1.165, 1.54) is 32.1 Å². The highest BCUT2D eigenvalue weighted by Gasteiger charge is 2.19. The fourth-order valence-corrected chi connectivity index (χ4v) is 3.47. The van der Waals surface area contributed by atoms with Gasteiger partial charge in [-0.3, -0.25) is 4.79 Å². The van der Waals surface area contributed by atoms with Gasteiger partial charge in [-0.05, 0) is 42.0 Å². The zero-order valence-electron chi connectivity index (χ0n) is 13.0. The van der Waals surface area contributed by atoms with Crippen LogP contribution in [-0.2, 0) is 11.2 Å². The van der Waals surface area contributed by atoms with Gasteiger partial charge in [0, 0.05) is 19.4 Å². The summed E-state index contributed by atoms with van der Waals surface area (Å²) in [6.45, 7) is 0.998. The Morgan fingerprint density at radius 3 is 2.95 bits per heavy atom. The van der Waals surface area contributed by atoms with Gasteiger partial charge in [0.05, 0.1) is 12.7 Å². The maximum absolute atomic E-state index is 12.0. The number of aliphatic hydroxyl groups is 1. The first-order valence-electron chi connectivity index (χ1n) is 8.43. The van der Waals surface area contributed by atoms with Gasteiger partial charge in [-0.15, -0.1) is 0 Å². The highest BCUT2D eigenvalue weighted by molar-refractivity contribution is 5.76. The molecule has 0 radical (unpaired) electrons. The Hall–Kier alpha value is -1.55. The van der Waals surface area contributed by atoms with Crippen LogP contribution >= 0.6 is 0 Å². The van der Waals surface area contributed by atoms with Crippen LogP contribution in [0.4, 0.5) is 0 Å². The Balaban J connectivity index is 1.47. The number of carbonyl (C=O) groups is 1. The van der Waals surface area contributed by atoms with Crippen molar-refractivity contribution in [1.29, 1.82) is 0 Å². The number of benzene rings is 1. The lowest BCUT2D eigenvalue weighted by Gasteiger charge is -2.21. The molecule has 0 aromatic heterocycles. The van der Waals surface area contributed by atoms with E-state index in [9.17, 15) is 9.90 Å². The standard InChI is InChI=1S/C18H25NO3/c20-16(14-6-7-17-15(11-14)8-9-22-17)12-19-18(21)10-13-4-2-1-3-5-13/h6-7,11,13,16,20H,1-5,8-10,12H2,(H,19,21). The highest BCUT2D eigenvalue weighted by atomic mass is 16.5. The molecule has 1 saturated carbocycles. The van der Waals surface area contributed by atoms with Crippen LogP contribution in [0, 0.1) is 5.92 Å². The second-order valence-corrected chi connectivity index (χ2v) is 6.49. The second-order valence-electron chi connectivity index (χ2n) is 6.49. The summed E-state index contributed by atoms with van der Waals surface area (Å²) in [5.41, 5.74) is 1.99. The van der Waals surface area contributed by atoms with Gasteiger partial charge in [-0.25, -0.2) is 0 Å². The Morgan fingerprint density at radius 2 is 2.14 bits per heavy atom. The average molecular weight is 303 g/mol. The number of fused-ring (bicyclic) bond motifs is 1. The fraction of sp³-hybridized carbons (Fsp3) is 0.611. The maximum Gasteiger partial charge on any atom is 0.220 e. The van der Waals surface area contributed by atoms with Crippen molar-refractivity contribution in [3.63, 3.8) is 0 Å². The summed E-state index contributed by atoms with van der Waals surface area (Å²) in [5.74, 6) is 1.51. The van der Waals surface area contributed by atoms with Crippen LogP contribution in [0.5, 0.6) is 5.75 Å². The van der Waals surface area contributed by atoms with Crippen LogP contribution < -0.4 is 10.1 Å². The van der Waals surface area contributed by atoms with Gasteiger partial charge in [0.15, 0.2) is 0 Å². The quantitative estimate of drug-likeness (QED) is 0.879. The molecule has 1 heterocycles. The molecule has 3 rings (SSSR count). The number of carbonyl (C=O) groups excluding carboxylic acids is 1. The molecule has 1 amide bonds. The van der Waals surface area contributed by atoms with Crippen LogP contribution in [0.2, 0.25) is 0 Å². The molecule has 4 nitrogen and oxygen atoms in total. The van der Waals surface area contributed by atoms with Crippen LogP contribution in [0.25, 0.3) is 0 Å². The number of ether oxygens (including phenoxy) is 1. The SMILES string of the molecule is O=C(CC1CCCCC1)NCC(O)c1ccc2c(c1)CCO2. The molecule has 0 saturated heterocycles. The summed E-state index contributed by atoms with van der Waals surface area (Å²) in [6, 6.07) is 5.77. The smallest absolute Gasteiger partial charge is 0.220 e. The van der Waals surface area contributed by atoms with Gasteiger partial charge in [0.25, 0.3) is 0 Å². The molecule has 1 aromatic carbocycles. The normalized spacial score (nSPS) is 19.3. The van der Waals surface area contributed by atoms with E-state index < -0.39 is 6.10 Å². The fourth-order valence-electron chi connectivity index (χ4n) is 3.47. The monoisotopic (exact) mass is 303 g/mol. The molecule has 2 aliphatic rings. The van der Waals surface area contributed by atoms with Crippen LogP contribution in [0.3, 0.4) is 0 Å². The van der Waals surface area contributed by atoms with Crippen LogP contribution in [-0.4, -0.2) is 24.2 Å². The van der Waals surface area contributed by atoms with E-state index in [4.69, 9.17) is 4.74 Å². The highest BCUT2D eigenvalue weighted by Crippen LogP contribution is 2.28. The summed E-state index contributed by atoms with van der Waals surface area (Å²) >= 11 is 0. The third-order valence-corrected chi connectivity index (χ3v) is 4.79. The number of rotatable bonds is 5. The molecule has 2 N–H and O–H groups in total. The first-order chi connectivity index (χ1) is 10.7. The van der Waals surface area contributed by atoms with E-state index in [1.807, 2.05) is 18.2 Å². The molecule has 1 aromatic rings. The van der Waals surface area contributed by atoms with Crippen molar-refractivity contribution in [3.05, 3.63) is 29.3 Å². The Kier molecular flexibility index (Phi) is 4.98. The predicted molar refractivity (Wildman–Crippen MR) is 84.8 cm³/mol. The molecule has 1 atom stereocenters.